The van der Waals surface area contributed by atoms with E-state index in [2.05, 4.69) is 41.3 Å². The van der Waals surface area contributed by atoms with E-state index in [0.717, 1.165) is 23.2 Å². The molecule has 0 atom stereocenters. The SMILES string of the molecule is CCc1ccc(CN(Cc2cccnc2)C(=O)c2cnn(-c3ccccc3)c2)cc1. The summed E-state index contributed by atoms with van der Waals surface area (Å²) in [7, 11) is 0. The van der Waals surface area contributed by atoms with Gasteiger partial charge in [-0.2, -0.15) is 5.10 Å². The number of nitrogens with zero attached hydrogens (tertiary/aromatic N) is 4. The fraction of sp³-hybridized carbons (Fsp3) is 0.160. The summed E-state index contributed by atoms with van der Waals surface area (Å²) < 4.78 is 1.73. The first-order valence-corrected chi connectivity index (χ1v) is 10.1. The number of aromatic nitrogens is 3. The number of hydrogen-bond donors (Lipinski definition) is 0. The second-order valence-electron chi connectivity index (χ2n) is 7.20. The summed E-state index contributed by atoms with van der Waals surface area (Å²) in [6.45, 7) is 3.14. The minimum atomic E-state index is -0.0550. The molecule has 2 aromatic carbocycles. The van der Waals surface area contributed by atoms with Crippen molar-refractivity contribution >= 4 is 5.91 Å². The average molecular weight is 396 g/mol. The Morgan fingerprint density at radius 1 is 0.867 bits per heavy atom. The molecule has 0 saturated carbocycles. The van der Waals surface area contributed by atoms with Crippen molar-refractivity contribution in [2.45, 2.75) is 26.4 Å². The van der Waals surface area contributed by atoms with Gasteiger partial charge in [-0.3, -0.25) is 9.78 Å². The van der Waals surface area contributed by atoms with Crippen molar-refractivity contribution in [3.63, 3.8) is 0 Å². The molecular weight excluding hydrogens is 372 g/mol. The van der Waals surface area contributed by atoms with Gasteiger partial charge >= 0.3 is 0 Å². The largest absolute Gasteiger partial charge is 0.330 e. The van der Waals surface area contributed by atoms with E-state index in [-0.39, 0.29) is 5.91 Å². The van der Waals surface area contributed by atoms with Crippen molar-refractivity contribution in [3.05, 3.63) is 114 Å². The van der Waals surface area contributed by atoms with Crippen LogP contribution in [-0.2, 0) is 19.5 Å². The summed E-state index contributed by atoms with van der Waals surface area (Å²) in [6.07, 6.45) is 7.95. The van der Waals surface area contributed by atoms with Gasteiger partial charge < -0.3 is 4.90 Å². The third-order valence-corrected chi connectivity index (χ3v) is 5.04. The van der Waals surface area contributed by atoms with Gasteiger partial charge in [-0.05, 0) is 41.3 Å². The van der Waals surface area contributed by atoms with Gasteiger partial charge in [0.15, 0.2) is 0 Å². The second-order valence-corrected chi connectivity index (χ2v) is 7.20. The first-order chi connectivity index (χ1) is 14.7. The second kappa shape index (κ2) is 9.18. The smallest absolute Gasteiger partial charge is 0.257 e. The van der Waals surface area contributed by atoms with Gasteiger partial charge in [0.05, 0.1) is 17.4 Å². The minimum absolute atomic E-state index is 0.0550. The third-order valence-electron chi connectivity index (χ3n) is 5.04. The minimum Gasteiger partial charge on any atom is -0.330 e. The number of carbonyl (C=O) groups excluding carboxylic acids is 1. The molecule has 0 radical (unpaired) electrons. The maximum Gasteiger partial charge on any atom is 0.257 e. The van der Waals surface area contributed by atoms with Gasteiger partial charge in [-0.1, -0.05) is 55.5 Å². The van der Waals surface area contributed by atoms with Gasteiger partial charge in [0.1, 0.15) is 0 Å². The maximum absolute atomic E-state index is 13.4. The number of pyridine rings is 1. The summed E-state index contributed by atoms with van der Waals surface area (Å²) in [5.41, 5.74) is 4.86. The molecular formula is C25H24N4O. The molecule has 0 spiro atoms. The molecule has 0 fully saturated rings. The molecule has 2 heterocycles. The summed E-state index contributed by atoms with van der Waals surface area (Å²) in [5, 5.41) is 4.38. The van der Waals surface area contributed by atoms with Crippen LogP contribution in [-0.4, -0.2) is 25.6 Å². The van der Waals surface area contributed by atoms with Crippen LogP contribution in [0.25, 0.3) is 5.69 Å². The van der Waals surface area contributed by atoms with Crippen LogP contribution in [0.2, 0.25) is 0 Å². The average Bonchev–Trinajstić information content (AvgIpc) is 3.30. The number of amides is 1. The van der Waals surface area contributed by atoms with E-state index in [1.165, 1.54) is 5.56 Å². The molecule has 5 nitrogen and oxygen atoms in total. The highest BCUT2D eigenvalue weighted by Gasteiger charge is 2.19. The van der Waals surface area contributed by atoms with Gasteiger partial charge in [0.2, 0.25) is 0 Å². The third kappa shape index (κ3) is 4.63. The van der Waals surface area contributed by atoms with Crippen LogP contribution < -0.4 is 0 Å². The van der Waals surface area contributed by atoms with Crippen molar-refractivity contribution in [1.82, 2.24) is 19.7 Å². The number of carbonyl (C=O) groups is 1. The lowest BCUT2D eigenvalue weighted by molar-refractivity contribution is 0.0730. The van der Waals surface area contributed by atoms with Crippen molar-refractivity contribution < 1.29 is 4.79 Å². The summed E-state index contributed by atoms with van der Waals surface area (Å²) >= 11 is 0. The molecule has 150 valence electrons. The predicted molar refractivity (Wildman–Crippen MR) is 117 cm³/mol. The lowest BCUT2D eigenvalue weighted by atomic mass is 10.1. The number of benzene rings is 2. The van der Waals surface area contributed by atoms with Crippen LogP contribution in [0.1, 0.15) is 34.0 Å². The van der Waals surface area contributed by atoms with E-state index in [9.17, 15) is 4.79 Å². The summed E-state index contributed by atoms with van der Waals surface area (Å²) in [4.78, 5) is 19.4. The highest BCUT2D eigenvalue weighted by Crippen LogP contribution is 2.16. The Bertz CT molecular complexity index is 1090. The van der Waals surface area contributed by atoms with Crippen LogP contribution in [0, 0.1) is 0 Å². The zero-order valence-electron chi connectivity index (χ0n) is 17.0. The number of hydrogen-bond acceptors (Lipinski definition) is 3. The topological polar surface area (TPSA) is 51.0 Å². The normalized spacial score (nSPS) is 10.7. The van der Waals surface area contributed by atoms with E-state index in [0.29, 0.717) is 18.7 Å². The summed E-state index contributed by atoms with van der Waals surface area (Å²) in [5.74, 6) is -0.0550. The molecule has 0 N–H and O–H groups in total. The molecule has 0 aliphatic carbocycles. The Hall–Kier alpha value is -3.73. The molecule has 2 aromatic heterocycles. The van der Waals surface area contributed by atoms with Crippen LogP contribution >= 0.6 is 0 Å². The Kier molecular flexibility index (Phi) is 5.99. The number of para-hydroxylation sites is 1. The molecule has 0 aliphatic rings. The van der Waals surface area contributed by atoms with E-state index in [1.807, 2.05) is 47.4 Å². The highest BCUT2D eigenvalue weighted by atomic mass is 16.2. The molecule has 1 amide bonds. The number of rotatable bonds is 7. The summed E-state index contributed by atoms with van der Waals surface area (Å²) in [6, 6.07) is 22.1. The molecule has 0 unspecified atom stereocenters. The van der Waals surface area contributed by atoms with Crippen molar-refractivity contribution in [2.24, 2.45) is 0 Å². The quantitative estimate of drug-likeness (QED) is 0.456. The molecule has 30 heavy (non-hydrogen) atoms. The standard InChI is InChI=1S/C25H24N4O/c1-2-20-10-12-21(13-11-20)17-28(18-22-7-6-14-26-15-22)25(30)23-16-27-29(19-23)24-8-4-3-5-9-24/h3-16,19H,2,17-18H2,1H3. The molecule has 0 aliphatic heterocycles. The van der Waals surface area contributed by atoms with Gasteiger partial charge in [-0.25, -0.2) is 4.68 Å². The first-order valence-electron chi connectivity index (χ1n) is 10.1. The van der Waals surface area contributed by atoms with Gasteiger partial charge in [0.25, 0.3) is 5.91 Å². The van der Waals surface area contributed by atoms with Crippen LogP contribution in [0.3, 0.4) is 0 Å². The van der Waals surface area contributed by atoms with Crippen molar-refractivity contribution in [2.75, 3.05) is 0 Å². The van der Waals surface area contributed by atoms with Crippen molar-refractivity contribution in [3.8, 4) is 5.69 Å². The van der Waals surface area contributed by atoms with Crippen LogP contribution in [0.4, 0.5) is 0 Å². The lowest BCUT2D eigenvalue weighted by Crippen LogP contribution is -2.30. The Labute approximate surface area is 176 Å². The first kappa shape index (κ1) is 19.6. The van der Waals surface area contributed by atoms with Crippen molar-refractivity contribution in [1.29, 1.82) is 0 Å². The molecule has 0 saturated heterocycles. The highest BCUT2D eigenvalue weighted by molar-refractivity contribution is 5.93. The molecule has 4 rings (SSSR count). The molecule has 5 heteroatoms. The predicted octanol–water partition coefficient (Wildman–Crippen LogP) is 4.67. The van der Waals surface area contributed by atoms with E-state index in [1.54, 1.807) is 29.5 Å². The van der Waals surface area contributed by atoms with E-state index < -0.39 is 0 Å². The Morgan fingerprint density at radius 2 is 1.60 bits per heavy atom. The lowest BCUT2D eigenvalue weighted by Gasteiger charge is -2.22. The Balaban J connectivity index is 1.59. The molecule has 4 aromatic rings. The van der Waals surface area contributed by atoms with Gasteiger partial charge in [-0.15, -0.1) is 0 Å². The maximum atomic E-state index is 13.4. The zero-order chi connectivity index (χ0) is 20.8. The van der Waals surface area contributed by atoms with E-state index >= 15 is 0 Å². The van der Waals surface area contributed by atoms with Gasteiger partial charge in [0, 0.05) is 31.7 Å². The van der Waals surface area contributed by atoms with E-state index in [4.69, 9.17) is 0 Å². The molecule has 0 bridgehead atoms. The van der Waals surface area contributed by atoms with Crippen LogP contribution in [0.5, 0.6) is 0 Å². The zero-order valence-corrected chi connectivity index (χ0v) is 17.0. The fourth-order valence-electron chi connectivity index (χ4n) is 3.35. The Morgan fingerprint density at radius 3 is 2.30 bits per heavy atom. The fourth-order valence-corrected chi connectivity index (χ4v) is 3.35. The van der Waals surface area contributed by atoms with Crippen LogP contribution in [0.15, 0.2) is 91.5 Å². The monoisotopic (exact) mass is 396 g/mol. The number of aryl methyl sites for hydroxylation is 1.